The monoisotopic (exact) mass is 618 g/mol. The van der Waals surface area contributed by atoms with Crippen LogP contribution in [0.2, 0.25) is 0 Å². The van der Waals surface area contributed by atoms with Gasteiger partial charge in [-0.15, -0.1) is 0 Å². The van der Waals surface area contributed by atoms with Crippen LogP contribution in [-0.4, -0.2) is 19.9 Å². The van der Waals surface area contributed by atoms with Gasteiger partial charge >= 0.3 is 0 Å². The number of hydrogen-bond donors (Lipinski definition) is 0. The molecular weight excluding hydrogens is 592 g/mol. The van der Waals surface area contributed by atoms with Gasteiger partial charge in [-0.2, -0.15) is 0 Å². The molecular formula is C42H26N4O2. The Morgan fingerprint density at radius 3 is 1.44 bits per heavy atom. The SMILES string of the molecule is c1ccc(-c2cccc(-c3ccc4c(-c5cccc(-c6ncco6)n5)c5ccccc5c(-c5cccc(-c6ncco6)n5)c4c3)c2)cc1. The molecule has 0 saturated carbocycles. The van der Waals surface area contributed by atoms with Crippen molar-refractivity contribution in [1.29, 1.82) is 0 Å². The van der Waals surface area contributed by atoms with Gasteiger partial charge in [-0.05, 0) is 80.2 Å². The van der Waals surface area contributed by atoms with E-state index in [9.17, 15) is 0 Å². The summed E-state index contributed by atoms with van der Waals surface area (Å²) in [5.74, 6) is 0.961. The summed E-state index contributed by atoms with van der Waals surface area (Å²) in [7, 11) is 0. The Labute approximate surface area is 276 Å². The molecule has 4 aromatic heterocycles. The minimum absolute atomic E-state index is 0.480. The Bertz CT molecular complexity index is 2560. The van der Waals surface area contributed by atoms with Crippen LogP contribution in [0.3, 0.4) is 0 Å². The third kappa shape index (κ3) is 4.84. The highest BCUT2D eigenvalue weighted by Crippen LogP contribution is 2.44. The van der Waals surface area contributed by atoms with Gasteiger partial charge in [0.15, 0.2) is 0 Å². The number of oxazole rings is 2. The summed E-state index contributed by atoms with van der Waals surface area (Å²) >= 11 is 0. The molecule has 0 fully saturated rings. The van der Waals surface area contributed by atoms with E-state index in [0.29, 0.717) is 23.2 Å². The molecule has 5 aromatic carbocycles. The first-order valence-electron chi connectivity index (χ1n) is 15.7. The Kier molecular flexibility index (Phi) is 6.68. The zero-order valence-electron chi connectivity index (χ0n) is 25.6. The Morgan fingerprint density at radius 1 is 0.354 bits per heavy atom. The van der Waals surface area contributed by atoms with Crippen molar-refractivity contribution in [2.45, 2.75) is 0 Å². The molecule has 4 heterocycles. The summed E-state index contributed by atoms with van der Waals surface area (Å²) in [6, 6.07) is 46.3. The number of aromatic nitrogens is 4. The van der Waals surface area contributed by atoms with Gasteiger partial charge < -0.3 is 8.83 Å². The lowest BCUT2D eigenvalue weighted by Gasteiger charge is -2.18. The topological polar surface area (TPSA) is 77.8 Å². The molecule has 9 aromatic rings. The first kappa shape index (κ1) is 27.6. The summed E-state index contributed by atoms with van der Waals surface area (Å²) in [6.45, 7) is 0. The lowest BCUT2D eigenvalue weighted by Crippen LogP contribution is -1.96. The van der Waals surface area contributed by atoms with Crippen LogP contribution in [-0.2, 0) is 0 Å². The van der Waals surface area contributed by atoms with E-state index >= 15 is 0 Å². The fourth-order valence-corrected chi connectivity index (χ4v) is 6.50. The van der Waals surface area contributed by atoms with Crippen LogP contribution in [0.5, 0.6) is 0 Å². The van der Waals surface area contributed by atoms with Crippen molar-refractivity contribution in [3.63, 3.8) is 0 Å². The lowest BCUT2D eigenvalue weighted by atomic mass is 9.87. The van der Waals surface area contributed by atoms with Crippen LogP contribution in [0.25, 0.3) is 89.5 Å². The normalized spacial score (nSPS) is 11.3. The molecule has 6 heteroatoms. The minimum Gasteiger partial charge on any atom is -0.443 e. The molecule has 226 valence electrons. The number of hydrogen-bond acceptors (Lipinski definition) is 6. The van der Waals surface area contributed by atoms with Crippen LogP contribution in [0.1, 0.15) is 0 Å². The first-order chi connectivity index (χ1) is 23.8. The number of pyridine rings is 2. The highest BCUT2D eigenvalue weighted by Gasteiger charge is 2.20. The smallest absolute Gasteiger partial charge is 0.245 e. The van der Waals surface area contributed by atoms with Gasteiger partial charge in [0.2, 0.25) is 11.8 Å². The van der Waals surface area contributed by atoms with Crippen molar-refractivity contribution in [2.24, 2.45) is 0 Å². The molecule has 0 spiro atoms. The minimum atomic E-state index is 0.480. The van der Waals surface area contributed by atoms with E-state index in [1.165, 1.54) is 11.1 Å². The van der Waals surface area contributed by atoms with E-state index in [1.807, 2.05) is 36.4 Å². The van der Waals surface area contributed by atoms with E-state index in [4.69, 9.17) is 18.8 Å². The highest BCUT2D eigenvalue weighted by atomic mass is 16.3. The maximum Gasteiger partial charge on any atom is 0.245 e. The molecule has 0 bridgehead atoms. The van der Waals surface area contributed by atoms with Gasteiger partial charge in [-0.25, -0.2) is 19.9 Å². The van der Waals surface area contributed by atoms with Crippen molar-refractivity contribution in [1.82, 2.24) is 19.9 Å². The summed E-state index contributed by atoms with van der Waals surface area (Å²) in [5, 5.41) is 4.26. The first-order valence-corrected chi connectivity index (χ1v) is 15.7. The zero-order valence-corrected chi connectivity index (χ0v) is 25.6. The lowest BCUT2D eigenvalue weighted by molar-refractivity contribution is 0.572. The molecule has 0 aliphatic rings. The van der Waals surface area contributed by atoms with Crippen molar-refractivity contribution < 1.29 is 8.83 Å². The Hall–Kier alpha value is -6.66. The average Bonchev–Trinajstić information content (AvgIpc) is 3.90. The molecule has 0 amide bonds. The van der Waals surface area contributed by atoms with Crippen molar-refractivity contribution in [2.75, 3.05) is 0 Å². The number of fused-ring (bicyclic) bond motifs is 2. The molecule has 0 saturated heterocycles. The van der Waals surface area contributed by atoms with Crippen LogP contribution in [0, 0.1) is 0 Å². The number of benzene rings is 5. The molecule has 0 radical (unpaired) electrons. The highest BCUT2D eigenvalue weighted by molar-refractivity contribution is 6.21. The maximum absolute atomic E-state index is 5.63. The second-order valence-corrected chi connectivity index (χ2v) is 11.5. The predicted octanol–water partition coefficient (Wildman–Crippen LogP) is 10.8. The van der Waals surface area contributed by atoms with Crippen LogP contribution >= 0.6 is 0 Å². The fourth-order valence-electron chi connectivity index (χ4n) is 6.50. The second kappa shape index (κ2) is 11.6. The van der Waals surface area contributed by atoms with E-state index in [2.05, 4.69) is 107 Å². The molecule has 9 rings (SSSR count). The quantitative estimate of drug-likeness (QED) is 0.173. The molecule has 0 atom stereocenters. The van der Waals surface area contributed by atoms with Crippen LogP contribution in [0.15, 0.2) is 167 Å². The van der Waals surface area contributed by atoms with Crippen LogP contribution in [0.4, 0.5) is 0 Å². The molecule has 0 N–H and O–H groups in total. The van der Waals surface area contributed by atoms with Gasteiger partial charge in [0.25, 0.3) is 0 Å². The van der Waals surface area contributed by atoms with Gasteiger partial charge in [0, 0.05) is 11.1 Å². The average molecular weight is 619 g/mol. The van der Waals surface area contributed by atoms with E-state index in [1.54, 1.807) is 24.9 Å². The summed E-state index contributed by atoms with van der Waals surface area (Å²) in [6.07, 6.45) is 6.41. The third-order valence-electron chi connectivity index (χ3n) is 8.64. The van der Waals surface area contributed by atoms with Gasteiger partial charge in [-0.3, -0.25) is 0 Å². The molecule has 6 nitrogen and oxygen atoms in total. The van der Waals surface area contributed by atoms with E-state index in [0.717, 1.165) is 55.2 Å². The predicted molar refractivity (Wildman–Crippen MR) is 190 cm³/mol. The Balaban J connectivity index is 1.33. The van der Waals surface area contributed by atoms with E-state index < -0.39 is 0 Å². The maximum atomic E-state index is 5.63. The van der Waals surface area contributed by atoms with Crippen molar-refractivity contribution >= 4 is 21.5 Å². The molecule has 0 aliphatic heterocycles. The van der Waals surface area contributed by atoms with Gasteiger partial charge in [0.05, 0.1) is 23.8 Å². The van der Waals surface area contributed by atoms with Crippen molar-refractivity contribution in [3.05, 3.63) is 158 Å². The van der Waals surface area contributed by atoms with Crippen molar-refractivity contribution in [3.8, 4) is 67.9 Å². The number of nitrogens with zero attached hydrogens (tertiary/aromatic N) is 4. The largest absolute Gasteiger partial charge is 0.443 e. The van der Waals surface area contributed by atoms with Gasteiger partial charge in [0.1, 0.15) is 23.9 Å². The number of rotatable bonds is 6. The molecule has 0 unspecified atom stereocenters. The second-order valence-electron chi connectivity index (χ2n) is 11.5. The molecule has 48 heavy (non-hydrogen) atoms. The summed E-state index contributed by atoms with van der Waals surface area (Å²) in [4.78, 5) is 18.9. The zero-order chi connectivity index (χ0) is 31.9. The van der Waals surface area contributed by atoms with E-state index in [-0.39, 0.29) is 0 Å². The third-order valence-corrected chi connectivity index (χ3v) is 8.64. The summed E-state index contributed by atoms with van der Waals surface area (Å²) < 4.78 is 11.2. The van der Waals surface area contributed by atoms with Gasteiger partial charge in [-0.1, -0.05) is 97.1 Å². The van der Waals surface area contributed by atoms with Crippen LogP contribution < -0.4 is 0 Å². The molecule has 0 aliphatic carbocycles. The summed E-state index contributed by atoms with van der Waals surface area (Å²) in [5.41, 5.74) is 9.65. The fraction of sp³-hybridized carbons (Fsp3) is 0. The standard InChI is InChI=1S/C42H26N4O2/c1-2-9-27(10-3-1)28-11-6-12-29(25-28)30-19-20-33-34(26-30)40(36-16-8-18-38(46-36)42-44-22-24-48-42)32-14-5-4-13-31(32)39(33)35-15-7-17-37(45-35)41-43-21-23-47-41/h1-26H. The Morgan fingerprint density at radius 2 is 0.833 bits per heavy atom.